The van der Waals surface area contributed by atoms with Gasteiger partial charge in [0.2, 0.25) is 0 Å². The van der Waals surface area contributed by atoms with Gasteiger partial charge in [-0.25, -0.2) is 13.2 Å². The molecule has 0 bridgehead atoms. The van der Waals surface area contributed by atoms with Crippen LogP contribution in [0, 0.1) is 27.6 Å². The van der Waals surface area contributed by atoms with Crippen molar-refractivity contribution in [2.75, 3.05) is 5.32 Å². The zero-order valence-electron chi connectivity index (χ0n) is 10.3. The Morgan fingerprint density at radius 3 is 2.24 bits per heavy atom. The Hall–Kier alpha value is -2.90. The summed E-state index contributed by atoms with van der Waals surface area (Å²) in [6.45, 7) is 0. The van der Waals surface area contributed by atoms with Crippen molar-refractivity contribution in [1.29, 1.82) is 0 Å². The van der Waals surface area contributed by atoms with E-state index in [0.29, 0.717) is 12.1 Å². The number of nitrogens with one attached hydrogen (secondary N) is 1. The lowest BCUT2D eigenvalue weighted by atomic mass is 10.2. The maximum Gasteiger partial charge on any atom is 0.292 e. The van der Waals surface area contributed by atoms with Crippen molar-refractivity contribution in [3.63, 3.8) is 0 Å². The summed E-state index contributed by atoms with van der Waals surface area (Å²) in [5.41, 5.74) is -1.02. The van der Waals surface area contributed by atoms with Crippen molar-refractivity contribution in [1.82, 2.24) is 0 Å². The summed E-state index contributed by atoms with van der Waals surface area (Å²) in [6.07, 6.45) is 0. The standard InChI is InChI=1S/C13H7F3N2O3/c14-8-5-7(6-9(15)12(8)16)13(19)17-10-3-1-2-4-11(10)18(20)21/h1-6H,(H,17,19). The van der Waals surface area contributed by atoms with Gasteiger partial charge in [-0.3, -0.25) is 14.9 Å². The van der Waals surface area contributed by atoms with Gasteiger partial charge in [-0.1, -0.05) is 12.1 Å². The number of rotatable bonds is 3. The zero-order valence-corrected chi connectivity index (χ0v) is 10.3. The number of hydrogen-bond donors (Lipinski definition) is 1. The molecule has 0 unspecified atom stereocenters. The number of para-hydroxylation sites is 2. The van der Waals surface area contributed by atoms with Crippen molar-refractivity contribution in [3.8, 4) is 0 Å². The van der Waals surface area contributed by atoms with Crippen molar-refractivity contribution < 1.29 is 22.9 Å². The molecule has 2 aromatic rings. The minimum atomic E-state index is -1.70. The van der Waals surface area contributed by atoms with Crippen molar-refractivity contribution in [3.05, 3.63) is 69.5 Å². The Labute approximate surface area is 116 Å². The Kier molecular flexibility index (Phi) is 3.88. The molecule has 0 radical (unpaired) electrons. The SMILES string of the molecule is O=C(Nc1ccccc1[N+](=O)[O-])c1cc(F)c(F)c(F)c1. The minimum absolute atomic E-state index is 0.141. The van der Waals surface area contributed by atoms with Crippen LogP contribution in [0.25, 0.3) is 0 Å². The van der Waals surface area contributed by atoms with Gasteiger partial charge in [0.1, 0.15) is 5.69 Å². The molecule has 0 atom stereocenters. The molecule has 0 saturated heterocycles. The molecule has 0 aliphatic rings. The van der Waals surface area contributed by atoms with Crippen molar-refractivity contribution >= 4 is 17.3 Å². The van der Waals surface area contributed by atoms with E-state index in [1.54, 1.807) is 0 Å². The minimum Gasteiger partial charge on any atom is -0.316 e. The monoisotopic (exact) mass is 296 g/mol. The molecule has 21 heavy (non-hydrogen) atoms. The Balaban J connectivity index is 2.33. The number of carbonyl (C=O) groups is 1. The molecule has 8 heteroatoms. The summed E-state index contributed by atoms with van der Waals surface area (Å²) < 4.78 is 38.9. The molecule has 0 aliphatic carbocycles. The normalized spacial score (nSPS) is 10.2. The summed E-state index contributed by atoms with van der Waals surface area (Å²) in [5.74, 6) is -5.75. The first-order chi connectivity index (χ1) is 9.90. The topological polar surface area (TPSA) is 72.2 Å². The lowest BCUT2D eigenvalue weighted by Gasteiger charge is -2.06. The Bertz CT molecular complexity index is 711. The highest BCUT2D eigenvalue weighted by atomic mass is 19.2. The van der Waals surface area contributed by atoms with Crippen LogP contribution in [0.15, 0.2) is 36.4 Å². The van der Waals surface area contributed by atoms with Gasteiger partial charge >= 0.3 is 0 Å². The zero-order chi connectivity index (χ0) is 15.6. The number of amides is 1. The third-order valence-electron chi connectivity index (χ3n) is 2.59. The third kappa shape index (κ3) is 2.99. The fourth-order valence-corrected chi connectivity index (χ4v) is 1.62. The first kappa shape index (κ1) is 14.5. The van der Waals surface area contributed by atoms with Gasteiger partial charge in [-0.05, 0) is 18.2 Å². The molecule has 1 N–H and O–H groups in total. The van der Waals surface area contributed by atoms with E-state index in [1.165, 1.54) is 18.2 Å². The van der Waals surface area contributed by atoms with E-state index < -0.39 is 33.8 Å². The van der Waals surface area contributed by atoms with Gasteiger partial charge in [-0.15, -0.1) is 0 Å². The molecule has 0 spiro atoms. The van der Waals surface area contributed by atoms with Crippen LogP contribution in [0.2, 0.25) is 0 Å². The summed E-state index contributed by atoms with van der Waals surface area (Å²) in [4.78, 5) is 21.9. The number of nitrogens with zero attached hydrogens (tertiary/aromatic N) is 1. The number of nitro groups is 1. The fourth-order valence-electron chi connectivity index (χ4n) is 1.62. The number of anilines is 1. The molecule has 1 amide bonds. The van der Waals surface area contributed by atoms with Gasteiger partial charge in [0.25, 0.3) is 11.6 Å². The molecular formula is C13H7F3N2O3. The molecule has 0 aromatic heterocycles. The average Bonchev–Trinajstić information content (AvgIpc) is 2.44. The highest BCUT2D eigenvalue weighted by Gasteiger charge is 2.18. The first-order valence-electron chi connectivity index (χ1n) is 5.59. The van der Waals surface area contributed by atoms with Gasteiger partial charge in [0.05, 0.1) is 4.92 Å². The molecule has 2 aromatic carbocycles. The Morgan fingerprint density at radius 1 is 1.10 bits per heavy atom. The Morgan fingerprint density at radius 2 is 1.67 bits per heavy atom. The number of carbonyl (C=O) groups excluding carboxylic acids is 1. The number of halogens is 3. The van der Waals surface area contributed by atoms with E-state index in [1.807, 2.05) is 0 Å². The second-order valence-electron chi connectivity index (χ2n) is 3.98. The van der Waals surface area contributed by atoms with E-state index in [9.17, 15) is 28.1 Å². The quantitative estimate of drug-likeness (QED) is 0.537. The largest absolute Gasteiger partial charge is 0.316 e. The molecule has 0 aliphatic heterocycles. The highest BCUT2D eigenvalue weighted by Crippen LogP contribution is 2.24. The maximum absolute atomic E-state index is 13.0. The lowest BCUT2D eigenvalue weighted by Crippen LogP contribution is -2.14. The lowest BCUT2D eigenvalue weighted by molar-refractivity contribution is -0.383. The van der Waals surface area contributed by atoms with E-state index in [0.717, 1.165) is 6.07 Å². The molecule has 2 rings (SSSR count). The number of hydrogen-bond acceptors (Lipinski definition) is 3. The van der Waals surface area contributed by atoms with Crippen LogP contribution in [-0.2, 0) is 0 Å². The van der Waals surface area contributed by atoms with Gasteiger partial charge in [0.15, 0.2) is 17.5 Å². The van der Waals surface area contributed by atoms with Crippen molar-refractivity contribution in [2.24, 2.45) is 0 Å². The van der Waals surface area contributed by atoms with Crippen LogP contribution in [0.3, 0.4) is 0 Å². The third-order valence-corrected chi connectivity index (χ3v) is 2.59. The molecular weight excluding hydrogens is 289 g/mol. The molecule has 0 heterocycles. The molecule has 0 saturated carbocycles. The van der Waals surface area contributed by atoms with Crippen LogP contribution in [0.1, 0.15) is 10.4 Å². The van der Waals surface area contributed by atoms with Gasteiger partial charge < -0.3 is 5.32 Å². The summed E-state index contributed by atoms with van der Waals surface area (Å²) in [5, 5.41) is 12.9. The molecule has 5 nitrogen and oxygen atoms in total. The molecule has 0 fully saturated rings. The van der Waals surface area contributed by atoms with Crippen LogP contribution in [0.5, 0.6) is 0 Å². The van der Waals surface area contributed by atoms with Crippen LogP contribution in [-0.4, -0.2) is 10.8 Å². The van der Waals surface area contributed by atoms with E-state index in [2.05, 4.69) is 5.32 Å². The number of benzene rings is 2. The summed E-state index contributed by atoms with van der Waals surface area (Å²) >= 11 is 0. The van der Waals surface area contributed by atoms with E-state index in [-0.39, 0.29) is 11.4 Å². The van der Waals surface area contributed by atoms with Crippen molar-refractivity contribution in [2.45, 2.75) is 0 Å². The van der Waals surface area contributed by atoms with Gasteiger partial charge in [-0.2, -0.15) is 0 Å². The molecule has 108 valence electrons. The fraction of sp³-hybridized carbons (Fsp3) is 0. The van der Waals surface area contributed by atoms with Crippen LogP contribution >= 0.6 is 0 Å². The summed E-state index contributed by atoms with van der Waals surface area (Å²) in [7, 11) is 0. The number of nitro benzene ring substituents is 1. The first-order valence-corrected chi connectivity index (χ1v) is 5.59. The smallest absolute Gasteiger partial charge is 0.292 e. The second kappa shape index (κ2) is 5.61. The van der Waals surface area contributed by atoms with E-state index >= 15 is 0 Å². The predicted octanol–water partition coefficient (Wildman–Crippen LogP) is 3.26. The summed E-state index contributed by atoms with van der Waals surface area (Å²) in [6, 6.07) is 6.25. The second-order valence-corrected chi connectivity index (χ2v) is 3.98. The predicted molar refractivity (Wildman–Crippen MR) is 67.4 cm³/mol. The maximum atomic E-state index is 13.0. The highest BCUT2D eigenvalue weighted by molar-refractivity contribution is 6.05. The average molecular weight is 296 g/mol. The van der Waals surface area contributed by atoms with Crippen LogP contribution < -0.4 is 5.32 Å². The van der Waals surface area contributed by atoms with Crippen LogP contribution in [0.4, 0.5) is 24.5 Å². The van der Waals surface area contributed by atoms with Gasteiger partial charge in [0, 0.05) is 11.6 Å². The van der Waals surface area contributed by atoms with E-state index in [4.69, 9.17) is 0 Å².